The fourth-order valence-electron chi connectivity index (χ4n) is 4.44. The Labute approximate surface area is 169 Å². The number of benzene rings is 1. The summed E-state index contributed by atoms with van der Waals surface area (Å²) in [4.78, 5) is 24.6. The summed E-state index contributed by atoms with van der Waals surface area (Å²) in [5.74, 6) is 0.181. The Morgan fingerprint density at radius 2 is 1.79 bits per heavy atom. The number of hydrogen-bond donors (Lipinski definition) is 1. The van der Waals surface area contributed by atoms with Gasteiger partial charge < -0.3 is 5.11 Å². The molecule has 0 radical (unpaired) electrons. The lowest BCUT2D eigenvalue weighted by molar-refractivity contribution is -0.118. The maximum absolute atomic E-state index is 12.8. The zero-order valence-electron chi connectivity index (χ0n) is 18.3. The number of carbonyl (C=O) groups is 2. The normalized spacial score (nSPS) is 22.0. The molecule has 0 spiro atoms. The molecular weight excluding hydrogens is 348 g/mol. The smallest absolute Gasteiger partial charge is 0.189 e. The van der Waals surface area contributed by atoms with E-state index in [1.165, 1.54) is 23.6 Å². The van der Waals surface area contributed by atoms with Crippen LogP contribution in [0.1, 0.15) is 63.3 Å². The first-order valence-corrected chi connectivity index (χ1v) is 10.1. The number of Topliss-reactive ketones (excluding diaryl/α,β-unsaturated/α-hetero) is 1. The van der Waals surface area contributed by atoms with Gasteiger partial charge in [0.15, 0.2) is 11.6 Å². The van der Waals surface area contributed by atoms with E-state index in [-0.39, 0.29) is 29.2 Å². The maximum Gasteiger partial charge on any atom is 0.189 e. The summed E-state index contributed by atoms with van der Waals surface area (Å²) in [6.07, 6.45) is 4.89. The topological polar surface area (TPSA) is 54.4 Å². The quantitative estimate of drug-likeness (QED) is 0.337. The van der Waals surface area contributed by atoms with Gasteiger partial charge >= 0.3 is 0 Å². The van der Waals surface area contributed by atoms with Crippen molar-refractivity contribution in [1.82, 2.24) is 0 Å². The van der Waals surface area contributed by atoms with Gasteiger partial charge in [-0.25, -0.2) is 0 Å². The number of allylic oxidation sites excluding steroid dienone is 4. The maximum atomic E-state index is 12.8. The van der Waals surface area contributed by atoms with Crippen molar-refractivity contribution < 1.29 is 14.7 Å². The van der Waals surface area contributed by atoms with Crippen molar-refractivity contribution in [3.8, 4) is 0 Å². The summed E-state index contributed by atoms with van der Waals surface area (Å²) in [5.41, 5.74) is 5.79. The summed E-state index contributed by atoms with van der Waals surface area (Å²) in [6, 6.07) is 4.40. The molecule has 0 fully saturated rings. The molecule has 1 aromatic carbocycles. The van der Waals surface area contributed by atoms with Crippen molar-refractivity contribution in [2.45, 2.75) is 61.3 Å². The molecule has 0 saturated heterocycles. The van der Waals surface area contributed by atoms with Crippen LogP contribution in [-0.4, -0.2) is 23.3 Å². The molecule has 1 aliphatic rings. The van der Waals surface area contributed by atoms with Crippen LogP contribution in [-0.2, 0) is 16.0 Å². The molecule has 0 bridgehead atoms. The Morgan fingerprint density at radius 1 is 1.18 bits per heavy atom. The zero-order valence-corrected chi connectivity index (χ0v) is 18.3. The highest BCUT2D eigenvalue weighted by Crippen LogP contribution is 2.44. The van der Waals surface area contributed by atoms with Gasteiger partial charge in [-0.2, -0.15) is 0 Å². The highest BCUT2D eigenvalue weighted by Gasteiger charge is 2.36. The van der Waals surface area contributed by atoms with Crippen LogP contribution in [0.15, 0.2) is 29.9 Å². The molecule has 3 heteroatoms. The number of rotatable bonds is 5. The molecule has 1 aliphatic carbocycles. The summed E-state index contributed by atoms with van der Waals surface area (Å²) in [7, 11) is 0. The Kier molecular flexibility index (Phi) is 6.82. The molecule has 0 aliphatic heterocycles. The fourth-order valence-corrected chi connectivity index (χ4v) is 4.44. The SMILES string of the molecule is C/C=C(/C(C)=O)C(=O)/C=C1\CC(C)C(C(C)(C)CO)Cc2cc(C)c(C)cc21. The van der Waals surface area contributed by atoms with Crippen molar-refractivity contribution in [2.75, 3.05) is 6.61 Å². The minimum absolute atomic E-state index is 0.132. The molecule has 0 saturated carbocycles. The lowest BCUT2D eigenvalue weighted by Gasteiger charge is -2.36. The van der Waals surface area contributed by atoms with E-state index < -0.39 is 0 Å². The van der Waals surface area contributed by atoms with Gasteiger partial charge in [0, 0.05) is 6.61 Å². The molecule has 1 aromatic rings. The average Bonchev–Trinajstić information content (AvgIpc) is 2.73. The first-order chi connectivity index (χ1) is 13.0. The molecule has 0 heterocycles. The lowest BCUT2D eigenvalue weighted by atomic mass is 9.70. The van der Waals surface area contributed by atoms with Crippen LogP contribution < -0.4 is 0 Å². The highest BCUT2D eigenvalue weighted by atomic mass is 16.3. The van der Waals surface area contributed by atoms with Crippen molar-refractivity contribution >= 4 is 17.1 Å². The van der Waals surface area contributed by atoms with Crippen LogP contribution in [0.3, 0.4) is 0 Å². The van der Waals surface area contributed by atoms with E-state index >= 15 is 0 Å². The lowest BCUT2D eigenvalue weighted by Crippen LogP contribution is -2.33. The first-order valence-electron chi connectivity index (χ1n) is 10.1. The Hall–Kier alpha value is -2.00. The van der Waals surface area contributed by atoms with E-state index in [4.69, 9.17) is 0 Å². The minimum Gasteiger partial charge on any atom is -0.396 e. The molecule has 0 aromatic heterocycles. The van der Waals surface area contributed by atoms with E-state index in [2.05, 4.69) is 46.8 Å². The van der Waals surface area contributed by atoms with Crippen molar-refractivity contribution in [3.05, 3.63) is 52.1 Å². The summed E-state index contributed by atoms with van der Waals surface area (Å²) in [5, 5.41) is 9.97. The summed E-state index contributed by atoms with van der Waals surface area (Å²) in [6.45, 7) is 13.9. The molecule has 3 nitrogen and oxygen atoms in total. The van der Waals surface area contributed by atoms with Gasteiger partial charge in [0.2, 0.25) is 0 Å². The van der Waals surface area contributed by atoms with Crippen LogP contribution >= 0.6 is 0 Å². The van der Waals surface area contributed by atoms with Crippen LogP contribution in [0.25, 0.3) is 5.57 Å². The van der Waals surface area contributed by atoms with E-state index in [1.54, 1.807) is 19.1 Å². The number of carbonyl (C=O) groups excluding carboxylic acids is 2. The molecule has 0 amide bonds. The number of aliphatic hydroxyl groups is 1. The van der Waals surface area contributed by atoms with Crippen LogP contribution in [0.5, 0.6) is 0 Å². The van der Waals surface area contributed by atoms with Crippen molar-refractivity contribution in [2.24, 2.45) is 17.3 Å². The molecule has 28 heavy (non-hydrogen) atoms. The second-order valence-electron chi connectivity index (χ2n) is 9.02. The average molecular weight is 383 g/mol. The molecular formula is C25H34O3. The molecule has 2 rings (SSSR count). The number of fused-ring (bicyclic) bond motifs is 1. The zero-order chi connectivity index (χ0) is 21.2. The number of aryl methyl sites for hydroxylation is 2. The van der Waals surface area contributed by atoms with Gasteiger partial charge in [-0.3, -0.25) is 9.59 Å². The van der Waals surface area contributed by atoms with Gasteiger partial charge in [0.05, 0.1) is 5.57 Å². The van der Waals surface area contributed by atoms with Crippen LogP contribution in [0.2, 0.25) is 0 Å². The first kappa shape index (κ1) is 22.3. The minimum atomic E-state index is -0.221. The van der Waals surface area contributed by atoms with Crippen LogP contribution in [0, 0.1) is 31.1 Å². The fraction of sp³-hybridized carbons (Fsp3) is 0.520. The third kappa shape index (κ3) is 4.52. The molecule has 2 atom stereocenters. The summed E-state index contributed by atoms with van der Waals surface area (Å²) >= 11 is 0. The van der Waals surface area contributed by atoms with E-state index in [0.29, 0.717) is 11.8 Å². The largest absolute Gasteiger partial charge is 0.396 e. The highest BCUT2D eigenvalue weighted by molar-refractivity contribution is 6.24. The van der Waals surface area contributed by atoms with Crippen molar-refractivity contribution in [3.63, 3.8) is 0 Å². The second-order valence-corrected chi connectivity index (χ2v) is 9.02. The third-order valence-electron chi connectivity index (χ3n) is 6.38. The van der Waals surface area contributed by atoms with Gasteiger partial charge in [-0.05, 0) is 91.7 Å². The summed E-state index contributed by atoms with van der Waals surface area (Å²) < 4.78 is 0. The predicted molar refractivity (Wildman–Crippen MR) is 115 cm³/mol. The second kappa shape index (κ2) is 8.57. The Morgan fingerprint density at radius 3 is 2.32 bits per heavy atom. The number of ketones is 2. The van der Waals surface area contributed by atoms with Crippen LogP contribution in [0.4, 0.5) is 0 Å². The standard InChI is InChI=1S/C25H34O3/c1-8-21(18(5)27)24(28)13-20-10-17(4)23(25(6,7)14-26)12-19-9-15(2)16(3)11-22(19)20/h8-9,11,13,17,23,26H,10,12,14H2,1-7H3/b20-13+,21-8-. The van der Waals surface area contributed by atoms with Gasteiger partial charge in [0.25, 0.3) is 0 Å². The molecule has 152 valence electrons. The predicted octanol–water partition coefficient (Wildman–Crippen LogP) is 5.01. The van der Waals surface area contributed by atoms with E-state index in [0.717, 1.165) is 24.0 Å². The number of aliphatic hydroxyl groups excluding tert-OH is 1. The Bertz CT molecular complexity index is 840. The van der Waals surface area contributed by atoms with Gasteiger partial charge in [0.1, 0.15) is 0 Å². The van der Waals surface area contributed by atoms with Gasteiger partial charge in [-0.1, -0.05) is 39.0 Å². The third-order valence-corrected chi connectivity index (χ3v) is 6.38. The van der Waals surface area contributed by atoms with Gasteiger partial charge in [-0.15, -0.1) is 0 Å². The van der Waals surface area contributed by atoms with E-state index in [9.17, 15) is 14.7 Å². The van der Waals surface area contributed by atoms with E-state index in [1.807, 2.05) is 0 Å². The monoisotopic (exact) mass is 382 g/mol. The Balaban J connectivity index is 2.63. The number of hydrogen-bond acceptors (Lipinski definition) is 3. The molecule has 2 unspecified atom stereocenters. The van der Waals surface area contributed by atoms with Crippen molar-refractivity contribution in [1.29, 1.82) is 0 Å². The molecule has 1 N–H and O–H groups in total.